The molecular formula is C12H13BrO2. The SMILES string of the molecule is COC(=O)C1(Cc2ccc(Br)cc2)CC1. The number of hydrogen-bond donors (Lipinski definition) is 0. The van der Waals surface area contributed by atoms with E-state index < -0.39 is 0 Å². The highest BCUT2D eigenvalue weighted by atomic mass is 79.9. The molecule has 1 aromatic rings. The van der Waals surface area contributed by atoms with Gasteiger partial charge in [-0.25, -0.2) is 0 Å². The van der Waals surface area contributed by atoms with Gasteiger partial charge >= 0.3 is 5.97 Å². The number of carbonyl (C=O) groups is 1. The van der Waals surface area contributed by atoms with E-state index in [1.807, 2.05) is 24.3 Å². The number of methoxy groups -OCH3 is 1. The molecule has 0 saturated heterocycles. The predicted molar refractivity (Wildman–Crippen MR) is 61.5 cm³/mol. The van der Waals surface area contributed by atoms with Crippen molar-refractivity contribution in [3.8, 4) is 0 Å². The van der Waals surface area contributed by atoms with E-state index in [9.17, 15) is 4.79 Å². The molecule has 2 nitrogen and oxygen atoms in total. The van der Waals surface area contributed by atoms with Crippen LogP contribution in [0.25, 0.3) is 0 Å². The molecule has 1 aliphatic carbocycles. The van der Waals surface area contributed by atoms with E-state index in [1.54, 1.807) is 0 Å². The second kappa shape index (κ2) is 3.97. The minimum absolute atomic E-state index is 0.0644. The Balaban J connectivity index is 2.09. The zero-order valence-electron chi connectivity index (χ0n) is 8.63. The summed E-state index contributed by atoms with van der Waals surface area (Å²) in [6.07, 6.45) is 2.71. The fourth-order valence-corrected chi connectivity index (χ4v) is 2.08. The molecule has 0 bridgehead atoms. The van der Waals surface area contributed by atoms with Crippen molar-refractivity contribution >= 4 is 21.9 Å². The molecule has 0 spiro atoms. The summed E-state index contributed by atoms with van der Waals surface area (Å²) in [6.45, 7) is 0. The molecule has 15 heavy (non-hydrogen) atoms. The van der Waals surface area contributed by atoms with Gasteiger partial charge in [-0.1, -0.05) is 28.1 Å². The largest absolute Gasteiger partial charge is 0.469 e. The number of carbonyl (C=O) groups excluding carboxylic acids is 1. The average Bonchev–Trinajstić information content (AvgIpc) is 3.01. The summed E-state index contributed by atoms with van der Waals surface area (Å²) < 4.78 is 5.89. The molecule has 0 atom stereocenters. The Morgan fingerprint density at radius 1 is 1.40 bits per heavy atom. The monoisotopic (exact) mass is 268 g/mol. The fourth-order valence-electron chi connectivity index (χ4n) is 1.81. The van der Waals surface area contributed by atoms with Crippen LogP contribution in [0.1, 0.15) is 18.4 Å². The number of hydrogen-bond acceptors (Lipinski definition) is 2. The Morgan fingerprint density at radius 3 is 2.47 bits per heavy atom. The number of halogens is 1. The third-order valence-electron chi connectivity index (χ3n) is 2.93. The van der Waals surface area contributed by atoms with Gasteiger partial charge in [0.05, 0.1) is 12.5 Å². The van der Waals surface area contributed by atoms with Gasteiger partial charge in [-0.2, -0.15) is 0 Å². The maximum absolute atomic E-state index is 11.5. The first kappa shape index (κ1) is 10.7. The Bertz CT molecular complexity index is 366. The first-order valence-corrected chi connectivity index (χ1v) is 5.78. The summed E-state index contributed by atoms with van der Waals surface area (Å²) in [7, 11) is 1.46. The minimum Gasteiger partial charge on any atom is -0.469 e. The molecular weight excluding hydrogens is 256 g/mol. The normalized spacial score (nSPS) is 17.2. The van der Waals surface area contributed by atoms with Crippen molar-refractivity contribution in [3.05, 3.63) is 34.3 Å². The lowest BCUT2D eigenvalue weighted by atomic mass is 9.97. The molecule has 1 fully saturated rings. The van der Waals surface area contributed by atoms with E-state index in [0.29, 0.717) is 0 Å². The summed E-state index contributed by atoms with van der Waals surface area (Å²) in [6, 6.07) is 8.10. The maximum atomic E-state index is 11.5. The summed E-state index contributed by atoms with van der Waals surface area (Å²) in [5.74, 6) is -0.0644. The van der Waals surface area contributed by atoms with Crippen molar-refractivity contribution in [2.24, 2.45) is 5.41 Å². The summed E-state index contributed by atoms with van der Waals surface area (Å²) >= 11 is 3.39. The van der Waals surface area contributed by atoms with Gasteiger partial charge in [-0.3, -0.25) is 4.79 Å². The molecule has 0 N–H and O–H groups in total. The molecule has 1 aliphatic rings. The molecule has 1 saturated carbocycles. The molecule has 0 aliphatic heterocycles. The second-order valence-electron chi connectivity index (χ2n) is 4.08. The van der Waals surface area contributed by atoms with Gasteiger partial charge in [0, 0.05) is 4.47 Å². The molecule has 0 aromatic heterocycles. The summed E-state index contributed by atoms with van der Waals surface area (Å²) in [4.78, 5) is 11.5. The van der Waals surface area contributed by atoms with Gasteiger partial charge in [0.1, 0.15) is 0 Å². The molecule has 0 heterocycles. The third kappa shape index (κ3) is 2.23. The van der Waals surface area contributed by atoms with Crippen molar-refractivity contribution in [1.29, 1.82) is 0 Å². The van der Waals surface area contributed by atoms with Crippen LogP contribution in [0.4, 0.5) is 0 Å². The van der Waals surface area contributed by atoms with Crippen molar-refractivity contribution in [1.82, 2.24) is 0 Å². The van der Waals surface area contributed by atoms with Gasteiger partial charge in [-0.15, -0.1) is 0 Å². The van der Waals surface area contributed by atoms with Crippen LogP contribution >= 0.6 is 15.9 Å². The quantitative estimate of drug-likeness (QED) is 0.788. The van der Waals surface area contributed by atoms with Crippen LogP contribution in [-0.2, 0) is 16.0 Å². The van der Waals surface area contributed by atoms with Crippen LogP contribution in [0.15, 0.2) is 28.7 Å². The second-order valence-corrected chi connectivity index (χ2v) is 4.99. The maximum Gasteiger partial charge on any atom is 0.312 e. The Morgan fingerprint density at radius 2 is 2.00 bits per heavy atom. The van der Waals surface area contributed by atoms with E-state index in [2.05, 4.69) is 15.9 Å². The predicted octanol–water partition coefficient (Wildman–Crippen LogP) is 2.94. The Kier molecular flexibility index (Phi) is 2.83. The highest BCUT2D eigenvalue weighted by Gasteiger charge is 2.50. The molecule has 1 aromatic carbocycles. The topological polar surface area (TPSA) is 26.3 Å². The lowest BCUT2D eigenvalue weighted by molar-refractivity contribution is -0.147. The van der Waals surface area contributed by atoms with Crippen LogP contribution in [0, 0.1) is 5.41 Å². The first-order valence-electron chi connectivity index (χ1n) is 4.99. The van der Waals surface area contributed by atoms with Crippen LogP contribution in [0.2, 0.25) is 0 Å². The van der Waals surface area contributed by atoms with Crippen molar-refractivity contribution in [2.75, 3.05) is 7.11 Å². The van der Waals surface area contributed by atoms with Crippen molar-refractivity contribution < 1.29 is 9.53 Å². The Hall–Kier alpha value is -0.830. The highest BCUT2D eigenvalue weighted by molar-refractivity contribution is 9.10. The zero-order valence-corrected chi connectivity index (χ0v) is 10.2. The van der Waals surface area contributed by atoms with Crippen LogP contribution in [-0.4, -0.2) is 13.1 Å². The highest BCUT2D eigenvalue weighted by Crippen LogP contribution is 2.49. The number of rotatable bonds is 3. The van der Waals surface area contributed by atoms with Gasteiger partial charge in [0.2, 0.25) is 0 Å². The van der Waals surface area contributed by atoms with Crippen LogP contribution < -0.4 is 0 Å². The average molecular weight is 269 g/mol. The summed E-state index contributed by atoms with van der Waals surface area (Å²) in [5, 5.41) is 0. The van der Waals surface area contributed by atoms with E-state index >= 15 is 0 Å². The fraction of sp³-hybridized carbons (Fsp3) is 0.417. The van der Waals surface area contributed by atoms with Crippen LogP contribution in [0.3, 0.4) is 0 Å². The molecule has 2 rings (SSSR count). The van der Waals surface area contributed by atoms with E-state index in [-0.39, 0.29) is 11.4 Å². The molecule has 0 unspecified atom stereocenters. The number of ether oxygens (including phenoxy) is 1. The van der Waals surface area contributed by atoms with Gasteiger partial charge in [0.15, 0.2) is 0 Å². The minimum atomic E-state index is -0.220. The number of esters is 1. The van der Waals surface area contributed by atoms with E-state index in [4.69, 9.17) is 4.74 Å². The first-order chi connectivity index (χ1) is 7.16. The van der Waals surface area contributed by atoms with E-state index in [0.717, 1.165) is 23.7 Å². The summed E-state index contributed by atoms with van der Waals surface area (Å²) in [5.41, 5.74) is 0.976. The molecule has 80 valence electrons. The lowest BCUT2D eigenvalue weighted by Gasteiger charge is -2.12. The van der Waals surface area contributed by atoms with E-state index in [1.165, 1.54) is 12.7 Å². The zero-order chi connectivity index (χ0) is 10.9. The Labute approximate surface area is 97.8 Å². The third-order valence-corrected chi connectivity index (χ3v) is 3.46. The van der Waals surface area contributed by atoms with Crippen molar-refractivity contribution in [3.63, 3.8) is 0 Å². The van der Waals surface area contributed by atoms with Gasteiger partial charge in [-0.05, 0) is 37.0 Å². The smallest absolute Gasteiger partial charge is 0.312 e. The van der Waals surface area contributed by atoms with Crippen molar-refractivity contribution in [2.45, 2.75) is 19.3 Å². The molecule has 0 radical (unpaired) electrons. The van der Waals surface area contributed by atoms with Crippen LogP contribution in [0.5, 0.6) is 0 Å². The molecule has 0 amide bonds. The standard InChI is InChI=1S/C12H13BrO2/c1-15-11(14)12(6-7-12)8-9-2-4-10(13)5-3-9/h2-5H,6-8H2,1H3. The number of benzene rings is 1. The van der Waals surface area contributed by atoms with Gasteiger partial charge < -0.3 is 4.74 Å². The van der Waals surface area contributed by atoms with Gasteiger partial charge in [0.25, 0.3) is 0 Å². The molecule has 3 heteroatoms. The lowest BCUT2D eigenvalue weighted by Crippen LogP contribution is -2.19.